The quantitative estimate of drug-likeness (QED) is 0.774. The molecule has 2 N–H and O–H groups in total. The van der Waals surface area contributed by atoms with E-state index < -0.39 is 5.91 Å². The SMILES string of the molecule is CCc1ccccc1NC(=O)c1c[nH]c2ccc(OC)cc2c1=O. The number of hydrogen-bond acceptors (Lipinski definition) is 3. The zero-order valence-electron chi connectivity index (χ0n) is 13.6. The molecule has 0 saturated heterocycles. The number of carbonyl (C=O) groups excluding carboxylic acids is 1. The number of pyridine rings is 1. The number of ether oxygens (including phenoxy) is 1. The highest BCUT2D eigenvalue weighted by Crippen LogP contribution is 2.18. The molecule has 1 aromatic heterocycles. The molecule has 0 aliphatic carbocycles. The first-order chi connectivity index (χ1) is 11.6. The minimum absolute atomic E-state index is 0.0710. The van der Waals surface area contributed by atoms with Gasteiger partial charge in [0.2, 0.25) is 5.43 Å². The van der Waals surface area contributed by atoms with Crippen LogP contribution in [0.4, 0.5) is 5.69 Å². The van der Waals surface area contributed by atoms with Crippen LogP contribution >= 0.6 is 0 Å². The van der Waals surface area contributed by atoms with E-state index >= 15 is 0 Å². The maximum atomic E-state index is 12.6. The molecule has 0 fully saturated rings. The van der Waals surface area contributed by atoms with Gasteiger partial charge >= 0.3 is 0 Å². The molecule has 5 heteroatoms. The molecule has 122 valence electrons. The summed E-state index contributed by atoms with van der Waals surface area (Å²) >= 11 is 0. The Bertz CT molecular complexity index is 960. The van der Waals surface area contributed by atoms with Crippen LogP contribution in [0, 0.1) is 0 Å². The van der Waals surface area contributed by atoms with Gasteiger partial charge in [0, 0.05) is 22.8 Å². The molecule has 0 aliphatic heterocycles. The summed E-state index contributed by atoms with van der Waals surface area (Å²) in [6.45, 7) is 2.01. The molecule has 0 unspecified atom stereocenters. The number of rotatable bonds is 4. The molecule has 1 amide bonds. The second-order valence-corrected chi connectivity index (χ2v) is 5.41. The highest BCUT2D eigenvalue weighted by molar-refractivity contribution is 6.06. The number of hydrogen-bond donors (Lipinski definition) is 2. The van der Waals surface area contributed by atoms with E-state index in [1.807, 2.05) is 31.2 Å². The summed E-state index contributed by atoms with van der Waals surface area (Å²) in [4.78, 5) is 28.2. The largest absolute Gasteiger partial charge is 0.497 e. The highest BCUT2D eigenvalue weighted by Gasteiger charge is 2.14. The number of para-hydroxylation sites is 1. The van der Waals surface area contributed by atoms with Gasteiger partial charge in [-0.15, -0.1) is 0 Å². The van der Waals surface area contributed by atoms with Gasteiger partial charge in [-0.2, -0.15) is 0 Å². The fourth-order valence-corrected chi connectivity index (χ4v) is 2.63. The fourth-order valence-electron chi connectivity index (χ4n) is 2.63. The smallest absolute Gasteiger partial charge is 0.261 e. The van der Waals surface area contributed by atoms with Crippen LogP contribution in [0.15, 0.2) is 53.5 Å². The van der Waals surface area contributed by atoms with Crippen LogP contribution < -0.4 is 15.5 Å². The summed E-state index contributed by atoms with van der Waals surface area (Å²) in [6.07, 6.45) is 2.24. The summed E-state index contributed by atoms with van der Waals surface area (Å²) in [5.41, 5.74) is 2.14. The standard InChI is InChI=1S/C19H18N2O3/c1-3-12-6-4-5-7-16(12)21-19(23)15-11-20-17-9-8-13(24-2)10-14(17)18(15)22/h4-11H,3H2,1-2H3,(H,20,22)(H,21,23). The molecular formula is C19H18N2O3. The average molecular weight is 322 g/mol. The Kier molecular flexibility index (Phi) is 4.33. The maximum absolute atomic E-state index is 12.6. The van der Waals surface area contributed by atoms with Gasteiger partial charge in [-0.1, -0.05) is 25.1 Å². The number of carbonyl (C=O) groups is 1. The van der Waals surface area contributed by atoms with Crippen molar-refractivity contribution in [3.8, 4) is 5.75 Å². The van der Waals surface area contributed by atoms with E-state index in [9.17, 15) is 9.59 Å². The zero-order valence-corrected chi connectivity index (χ0v) is 13.6. The first kappa shape index (κ1) is 15.8. The van der Waals surface area contributed by atoms with E-state index in [-0.39, 0.29) is 11.0 Å². The maximum Gasteiger partial charge on any atom is 0.261 e. The minimum atomic E-state index is -0.429. The molecule has 0 aliphatic rings. The molecule has 0 radical (unpaired) electrons. The minimum Gasteiger partial charge on any atom is -0.497 e. The number of benzene rings is 2. The van der Waals surface area contributed by atoms with Gasteiger partial charge in [0.25, 0.3) is 5.91 Å². The van der Waals surface area contributed by atoms with Gasteiger partial charge < -0.3 is 15.0 Å². The van der Waals surface area contributed by atoms with Crippen molar-refractivity contribution < 1.29 is 9.53 Å². The van der Waals surface area contributed by atoms with Crippen LogP contribution in [0.1, 0.15) is 22.8 Å². The summed E-state index contributed by atoms with van der Waals surface area (Å²) in [5, 5.41) is 3.24. The monoisotopic (exact) mass is 322 g/mol. The van der Waals surface area contributed by atoms with Crippen molar-refractivity contribution in [3.63, 3.8) is 0 Å². The van der Waals surface area contributed by atoms with Crippen molar-refractivity contribution in [1.82, 2.24) is 4.98 Å². The highest BCUT2D eigenvalue weighted by atomic mass is 16.5. The lowest BCUT2D eigenvalue weighted by atomic mass is 10.1. The van der Waals surface area contributed by atoms with Crippen molar-refractivity contribution in [2.24, 2.45) is 0 Å². The van der Waals surface area contributed by atoms with Crippen molar-refractivity contribution in [1.29, 1.82) is 0 Å². The Labute approximate surface area is 139 Å². The summed E-state index contributed by atoms with van der Waals surface area (Å²) in [7, 11) is 1.54. The molecule has 0 spiro atoms. The van der Waals surface area contributed by atoms with E-state index in [4.69, 9.17) is 4.74 Å². The predicted molar refractivity (Wildman–Crippen MR) is 94.9 cm³/mol. The second kappa shape index (κ2) is 6.58. The van der Waals surface area contributed by atoms with E-state index in [2.05, 4.69) is 10.3 Å². The number of anilines is 1. The molecule has 0 atom stereocenters. The van der Waals surface area contributed by atoms with Crippen LogP contribution in [-0.4, -0.2) is 18.0 Å². The predicted octanol–water partition coefficient (Wildman–Crippen LogP) is 3.35. The molecule has 5 nitrogen and oxygen atoms in total. The Balaban J connectivity index is 2.01. The molecule has 3 aromatic rings. The number of aryl methyl sites for hydroxylation is 1. The number of nitrogens with one attached hydrogen (secondary N) is 2. The fraction of sp³-hybridized carbons (Fsp3) is 0.158. The summed E-state index contributed by atoms with van der Waals surface area (Å²) < 4.78 is 5.15. The van der Waals surface area contributed by atoms with E-state index in [0.29, 0.717) is 16.7 Å². The lowest BCUT2D eigenvalue weighted by Gasteiger charge is -2.10. The molecule has 0 saturated carbocycles. The van der Waals surface area contributed by atoms with Gasteiger partial charge in [-0.25, -0.2) is 0 Å². The third-order valence-electron chi connectivity index (χ3n) is 3.98. The van der Waals surface area contributed by atoms with E-state index in [1.165, 1.54) is 13.3 Å². The van der Waals surface area contributed by atoms with Crippen LogP contribution in [0.3, 0.4) is 0 Å². The van der Waals surface area contributed by atoms with Crippen molar-refractivity contribution in [3.05, 3.63) is 70.0 Å². The molecule has 2 aromatic carbocycles. The molecule has 3 rings (SSSR count). The molecular weight excluding hydrogens is 304 g/mol. The van der Waals surface area contributed by atoms with Gasteiger partial charge in [-0.05, 0) is 36.2 Å². The van der Waals surface area contributed by atoms with Crippen LogP contribution in [0.5, 0.6) is 5.75 Å². The van der Waals surface area contributed by atoms with Crippen molar-refractivity contribution in [2.75, 3.05) is 12.4 Å². The summed E-state index contributed by atoms with van der Waals surface area (Å²) in [6, 6.07) is 12.7. The van der Waals surface area contributed by atoms with E-state index in [1.54, 1.807) is 18.2 Å². The molecule has 1 heterocycles. The average Bonchev–Trinajstić information content (AvgIpc) is 2.62. The van der Waals surface area contributed by atoms with Gasteiger partial charge in [0.1, 0.15) is 11.3 Å². The van der Waals surface area contributed by atoms with Crippen molar-refractivity contribution in [2.45, 2.75) is 13.3 Å². The number of aromatic nitrogens is 1. The Morgan fingerprint density at radius 1 is 1.21 bits per heavy atom. The molecule has 24 heavy (non-hydrogen) atoms. The second-order valence-electron chi connectivity index (χ2n) is 5.41. The number of amides is 1. The first-order valence-electron chi connectivity index (χ1n) is 7.72. The van der Waals surface area contributed by atoms with Crippen molar-refractivity contribution >= 4 is 22.5 Å². The number of aromatic amines is 1. The third-order valence-corrected chi connectivity index (χ3v) is 3.98. The Morgan fingerprint density at radius 2 is 2.00 bits per heavy atom. The Morgan fingerprint density at radius 3 is 2.75 bits per heavy atom. The van der Waals surface area contributed by atoms with Crippen LogP contribution in [-0.2, 0) is 6.42 Å². The number of methoxy groups -OCH3 is 1. The van der Waals surface area contributed by atoms with Crippen LogP contribution in [0.25, 0.3) is 10.9 Å². The third kappa shape index (κ3) is 2.88. The lowest BCUT2D eigenvalue weighted by molar-refractivity contribution is 0.102. The normalized spacial score (nSPS) is 10.6. The Hall–Kier alpha value is -3.08. The number of fused-ring (bicyclic) bond motifs is 1. The topological polar surface area (TPSA) is 71.2 Å². The lowest BCUT2D eigenvalue weighted by Crippen LogP contribution is -2.22. The molecule has 0 bridgehead atoms. The zero-order chi connectivity index (χ0) is 17.1. The van der Waals surface area contributed by atoms with E-state index in [0.717, 1.165) is 17.7 Å². The van der Waals surface area contributed by atoms with Gasteiger partial charge in [0.15, 0.2) is 0 Å². The first-order valence-corrected chi connectivity index (χ1v) is 7.72. The summed E-state index contributed by atoms with van der Waals surface area (Å²) in [5.74, 6) is 0.142. The number of H-pyrrole nitrogens is 1. The van der Waals surface area contributed by atoms with Gasteiger partial charge in [0.05, 0.1) is 7.11 Å². The van der Waals surface area contributed by atoms with Gasteiger partial charge in [-0.3, -0.25) is 9.59 Å². The van der Waals surface area contributed by atoms with Crippen LogP contribution in [0.2, 0.25) is 0 Å².